The first-order valence-electron chi connectivity index (χ1n) is 5.66. The summed E-state index contributed by atoms with van der Waals surface area (Å²) in [4.78, 5) is 0. The molecule has 0 amide bonds. The van der Waals surface area contributed by atoms with Gasteiger partial charge < -0.3 is 9.84 Å². The van der Waals surface area contributed by atoms with Gasteiger partial charge in [0, 0.05) is 16.1 Å². The molecule has 0 aromatic heterocycles. The zero-order chi connectivity index (χ0) is 14.8. The van der Waals surface area contributed by atoms with Gasteiger partial charge >= 0.3 is 6.36 Å². The van der Waals surface area contributed by atoms with Crippen LogP contribution in [0.3, 0.4) is 0 Å². The Bertz CT molecular complexity index is 612. The lowest BCUT2D eigenvalue weighted by molar-refractivity contribution is -0.274. The molecule has 0 aliphatic heterocycles. The molecule has 2 aromatic rings. The molecule has 0 atom stereocenters. The third-order valence-electron chi connectivity index (χ3n) is 2.68. The van der Waals surface area contributed by atoms with E-state index in [4.69, 9.17) is 11.6 Å². The average molecular weight is 303 g/mol. The molecule has 0 spiro atoms. The van der Waals surface area contributed by atoms with Gasteiger partial charge in [0.2, 0.25) is 0 Å². The lowest BCUT2D eigenvalue weighted by Gasteiger charge is -2.15. The second-order valence-electron chi connectivity index (χ2n) is 3.97. The van der Waals surface area contributed by atoms with Crippen LogP contribution in [0.2, 0.25) is 5.02 Å². The highest BCUT2D eigenvalue weighted by atomic mass is 35.5. The fraction of sp³-hybridized carbons (Fsp3) is 0.143. The summed E-state index contributed by atoms with van der Waals surface area (Å²) in [6, 6.07) is 10.5. The van der Waals surface area contributed by atoms with Gasteiger partial charge in [-0.05, 0) is 17.7 Å². The van der Waals surface area contributed by atoms with E-state index in [9.17, 15) is 18.3 Å². The van der Waals surface area contributed by atoms with Gasteiger partial charge in [-0.1, -0.05) is 41.9 Å². The van der Waals surface area contributed by atoms with Crippen LogP contribution in [0.15, 0.2) is 42.5 Å². The second-order valence-corrected chi connectivity index (χ2v) is 4.38. The van der Waals surface area contributed by atoms with Crippen LogP contribution in [0, 0.1) is 0 Å². The van der Waals surface area contributed by atoms with E-state index in [1.807, 2.05) is 0 Å². The fourth-order valence-electron chi connectivity index (χ4n) is 1.87. The molecule has 6 heteroatoms. The van der Waals surface area contributed by atoms with E-state index in [0.717, 1.165) is 0 Å². The first kappa shape index (κ1) is 14.7. The van der Waals surface area contributed by atoms with E-state index >= 15 is 0 Å². The molecule has 2 nitrogen and oxygen atoms in total. The number of aliphatic hydroxyl groups is 1. The molecule has 0 saturated heterocycles. The van der Waals surface area contributed by atoms with Gasteiger partial charge in [0.05, 0.1) is 6.61 Å². The van der Waals surface area contributed by atoms with Crippen molar-refractivity contribution in [2.45, 2.75) is 13.0 Å². The quantitative estimate of drug-likeness (QED) is 0.910. The maximum absolute atomic E-state index is 12.4. The third kappa shape index (κ3) is 3.23. The zero-order valence-corrected chi connectivity index (χ0v) is 10.9. The van der Waals surface area contributed by atoms with Gasteiger partial charge in [-0.2, -0.15) is 0 Å². The predicted molar refractivity (Wildman–Crippen MR) is 69.5 cm³/mol. The van der Waals surface area contributed by atoms with E-state index in [2.05, 4.69) is 4.74 Å². The number of rotatable bonds is 3. The van der Waals surface area contributed by atoms with Crippen molar-refractivity contribution in [3.63, 3.8) is 0 Å². The Morgan fingerprint density at radius 2 is 1.65 bits per heavy atom. The van der Waals surface area contributed by atoms with Crippen LogP contribution in [-0.4, -0.2) is 11.5 Å². The van der Waals surface area contributed by atoms with Crippen molar-refractivity contribution < 1.29 is 23.0 Å². The van der Waals surface area contributed by atoms with Crippen molar-refractivity contribution in [2.75, 3.05) is 0 Å². The largest absolute Gasteiger partial charge is 0.573 e. The molecule has 0 heterocycles. The van der Waals surface area contributed by atoms with Gasteiger partial charge in [0.25, 0.3) is 0 Å². The molecule has 0 aliphatic rings. The molecule has 0 fully saturated rings. The van der Waals surface area contributed by atoms with Crippen LogP contribution >= 0.6 is 11.6 Å². The van der Waals surface area contributed by atoms with Gasteiger partial charge in [0.1, 0.15) is 5.75 Å². The monoisotopic (exact) mass is 302 g/mol. The number of para-hydroxylation sites is 1. The molecule has 0 radical (unpaired) electrons. The Morgan fingerprint density at radius 3 is 2.30 bits per heavy atom. The number of ether oxygens (including phenoxy) is 1. The summed E-state index contributed by atoms with van der Waals surface area (Å²) in [5.41, 5.74) is 0.976. The Morgan fingerprint density at radius 1 is 1.00 bits per heavy atom. The number of hydrogen-bond acceptors (Lipinski definition) is 2. The number of aliphatic hydroxyl groups excluding tert-OH is 1. The lowest BCUT2D eigenvalue weighted by atomic mass is 9.99. The van der Waals surface area contributed by atoms with Crippen LogP contribution in [0.5, 0.6) is 5.75 Å². The van der Waals surface area contributed by atoms with E-state index < -0.39 is 6.36 Å². The van der Waals surface area contributed by atoms with E-state index in [-0.39, 0.29) is 22.9 Å². The Kier molecular flexibility index (Phi) is 4.20. The van der Waals surface area contributed by atoms with Crippen molar-refractivity contribution in [3.8, 4) is 16.9 Å². The van der Waals surface area contributed by atoms with Crippen molar-refractivity contribution >= 4 is 11.6 Å². The third-order valence-corrected chi connectivity index (χ3v) is 3.03. The second kappa shape index (κ2) is 5.73. The molecule has 106 valence electrons. The molecular weight excluding hydrogens is 293 g/mol. The number of halogens is 4. The Balaban J connectivity index is 2.56. The normalized spacial score (nSPS) is 11.4. The molecule has 0 unspecified atom stereocenters. The van der Waals surface area contributed by atoms with E-state index in [0.29, 0.717) is 11.1 Å². The highest BCUT2D eigenvalue weighted by Gasteiger charge is 2.32. The summed E-state index contributed by atoms with van der Waals surface area (Å²) in [6.07, 6.45) is -4.78. The van der Waals surface area contributed by atoms with Crippen LogP contribution in [0.4, 0.5) is 13.2 Å². The van der Waals surface area contributed by atoms with Crippen molar-refractivity contribution in [1.29, 1.82) is 0 Å². The maximum atomic E-state index is 12.4. The molecule has 0 saturated carbocycles. The summed E-state index contributed by atoms with van der Waals surface area (Å²) in [6.45, 7) is -0.380. The minimum absolute atomic E-state index is 0.219. The molecule has 20 heavy (non-hydrogen) atoms. The van der Waals surface area contributed by atoms with Gasteiger partial charge in [-0.3, -0.25) is 0 Å². The minimum atomic E-state index is -4.78. The first-order chi connectivity index (χ1) is 9.42. The summed E-state index contributed by atoms with van der Waals surface area (Å²) in [5.74, 6) is -0.336. The number of hydrogen-bond donors (Lipinski definition) is 1. The summed E-state index contributed by atoms with van der Waals surface area (Å²) < 4.78 is 41.2. The molecule has 1 N–H and O–H groups in total. The number of alkyl halides is 3. The van der Waals surface area contributed by atoms with Gasteiger partial charge in [-0.25, -0.2) is 0 Å². The van der Waals surface area contributed by atoms with Gasteiger partial charge in [-0.15, -0.1) is 13.2 Å². The summed E-state index contributed by atoms with van der Waals surface area (Å²) in [7, 11) is 0. The van der Waals surface area contributed by atoms with Crippen molar-refractivity contribution in [3.05, 3.63) is 53.1 Å². The molecule has 0 bridgehead atoms. The SMILES string of the molecule is OCc1c(Cl)cccc1-c1ccccc1OC(F)(F)F. The summed E-state index contributed by atoms with van der Waals surface area (Å²) >= 11 is 5.94. The number of benzene rings is 2. The van der Waals surface area contributed by atoms with E-state index in [1.165, 1.54) is 18.2 Å². The highest BCUT2D eigenvalue weighted by molar-refractivity contribution is 6.31. The van der Waals surface area contributed by atoms with Crippen LogP contribution in [-0.2, 0) is 6.61 Å². The van der Waals surface area contributed by atoms with Crippen LogP contribution < -0.4 is 4.74 Å². The van der Waals surface area contributed by atoms with E-state index in [1.54, 1.807) is 24.3 Å². The Labute approximate surface area is 118 Å². The first-order valence-corrected chi connectivity index (χ1v) is 6.03. The van der Waals surface area contributed by atoms with Crippen LogP contribution in [0.25, 0.3) is 11.1 Å². The maximum Gasteiger partial charge on any atom is 0.573 e. The molecule has 0 aliphatic carbocycles. The average Bonchev–Trinajstić information content (AvgIpc) is 2.37. The van der Waals surface area contributed by atoms with Crippen LogP contribution in [0.1, 0.15) is 5.56 Å². The lowest BCUT2D eigenvalue weighted by Crippen LogP contribution is -2.17. The topological polar surface area (TPSA) is 29.5 Å². The highest BCUT2D eigenvalue weighted by Crippen LogP contribution is 2.37. The molecule has 2 aromatic carbocycles. The summed E-state index contributed by atoms with van der Waals surface area (Å²) in [5, 5.41) is 9.62. The predicted octanol–water partition coefficient (Wildman–Crippen LogP) is 4.40. The Hall–Kier alpha value is -1.72. The smallest absolute Gasteiger partial charge is 0.405 e. The zero-order valence-electron chi connectivity index (χ0n) is 10.1. The van der Waals surface area contributed by atoms with Gasteiger partial charge in [0.15, 0.2) is 0 Å². The van der Waals surface area contributed by atoms with Crippen molar-refractivity contribution in [1.82, 2.24) is 0 Å². The molecular formula is C14H10ClF3O2. The van der Waals surface area contributed by atoms with Crippen molar-refractivity contribution in [2.24, 2.45) is 0 Å². The molecule has 2 rings (SSSR count). The minimum Gasteiger partial charge on any atom is -0.405 e. The fourth-order valence-corrected chi connectivity index (χ4v) is 2.11. The standard InChI is InChI=1S/C14H10ClF3O2/c15-12-6-3-5-9(11(12)8-19)10-4-1-2-7-13(10)20-14(16,17)18/h1-7,19H,8H2.